The fourth-order valence-corrected chi connectivity index (χ4v) is 6.23. The summed E-state index contributed by atoms with van der Waals surface area (Å²) in [5, 5.41) is 41.9. The Morgan fingerprint density at radius 3 is 2.46 bits per heavy atom. The van der Waals surface area contributed by atoms with Crippen LogP contribution in [-0.4, -0.2) is 123 Å². The number of ether oxygens (including phenoxy) is 1. The molecule has 0 bridgehead atoms. The number of carboxylic acids is 2. The van der Waals surface area contributed by atoms with E-state index in [1.165, 1.54) is 29.2 Å². The number of primary amides is 1. The number of carbonyl (C=O) groups is 5. The first-order valence-corrected chi connectivity index (χ1v) is 18.2. The van der Waals surface area contributed by atoms with Crippen molar-refractivity contribution in [1.29, 1.82) is 0 Å². The average molecular weight is 818 g/mol. The standard InChI is InChI=1S/C32H36N9O15P/c33-27(47)24-19(41(13-35-24)30-26(46)25(45)20(56-30)12-55-57(52,53)54)8-9-21(42)40(11-15-3-6-17-23(36-15)29(49)39-32(34)38-17)16-4-1-14(2-5-16)28(48)37-18(31(50)51)7-10-22(43)44/h1-2,4-5,8-9,13,18,20,25-26,30,45-46H,3,6-7,10-12H2,(H2,33,47)(H,37,48)(H,43,44)(H,50,51)(H2,52,53,54)(H3,34,38,39,49)/b9-8+/t18-,20+,25+,26+,30?/m0/s1. The summed E-state index contributed by atoms with van der Waals surface area (Å²) in [6.45, 7) is -1.07. The molecule has 1 saturated heterocycles. The van der Waals surface area contributed by atoms with Gasteiger partial charge in [0.25, 0.3) is 23.3 Å². The van der Waals surface area contributed by atoms with Crippen molar-refractivity contribution in [2.75, 3.05) is 23.8 Å². The fourth-order valence-electron chi connectivity index (χ4n) is 5.89. The van der Waals surface area contributed by atoms with Crippen molar-refractivity contribution in [3.8, 4) is 0 Å². The summed E-state index contributed by atoms with van der Waals surface area (Å²) in [5.74, 6) is -5.51. The third-order valence-corrected chi connectivity index (χ3v) is 9.16. The van der Waals surface area contributed by atoms with Crippen LogP contribution in [0.1, 0.15) is 57.7 Å². The number of imidazole rings is 1. The van der Waals surface area contributed by atoms with E-state index in [2.05, 4.69) is 29.8 Å². The third-order valence-electron chi connectivity index (χ3n) is 8.67. The number of aliphatic imine (C=N–C) groups is 1. The van der Waals surface area contributed by atoms with Gasteiger partial charge in [0.2, 0.25) is 5.95 Å². The average Bonchev–Trinajstić information content (AvgIpc) is 3.69. The van der Waals surface area contributed by atoms with Gasteiger partial charge < -0.3 is 61.2 Å². The molecule has 2 aromatic heterocycles. The zero-order chi connectivity index (χ0) is 41.8. The van der Waals surface area contributed by atoms with E-state index < -0.39 is 92.3 Å². The van der Waals surface area contributed by atoms with Crippen LogP contribution in [0.3, 0.4) is 0 Å². The predicted molar refractivity (Wildman–Crippen MR) is 193 cm³/mol. The number of nitrogens with one attached hydrogen (secondary N) is 2. The van der Waals surface area contributed by atoms with Crippen LogP contribution >= 0.6 is 7.82 Å². The lowest BCUT2D eigenvalue weighted by Gasteiger charge is -2.24. The summed E-state index contributed by atoms with van der Waals surface area (Å²) < 4.78 is 22.2. The number of amides is 3. The summed E-state index contributed by atoms with van der Waals surface area (Å²) in [7, 11) is -4.99. The number of aliphatic hydroxyl groups is 2. The van der Waals surface area contributed by atoms with E-state index >= 15 is 0 Å². The zero-order valence-corrected chi connectivity index (χ0v) is 30.3. The molecule has 0 aliphatic carbocycles. The molecule has 5 atom stereocenters. The number of phosphoric acid groups is 1. The summed E-state index contributed by atoms with van der Waals surface area (Å²) in [6, 6.07) is 3.74. The molecule has 3 aromatic rings. The van der Waals surface area contributed by atoms with Gasteiger partial charge in [-0.3, -0.25) is 33.5 Å². The maximum absolute atomic E-state index is 14.0. The number of aromatic amines is 1. The third kappa shape index (κ3) is 10.2. The molecule has 24 nitrogen and oxygen atoms in total. The molecule has 5 rings (SSSR count). The second kappa shape index (κ2) is 17.3. The molecule has 57 heavy (non-hydrogen) atoms. The van der Waals surface area contributed by atoms with Crippen LogP contribution in [-0.2, 0) is 34.6 Å². The van der Waals surface area contributed by atoms with E-state index in [0.29, 0.717) is 11.4 Å². The van der Waals surface area contributed by atoms with Gasteiger partial charge in [0.1, 0.15) is 30.0 Å². The number of anilines is 2. The van der Waals surface area contributed by atoms with Crippen molar-refractivity contribution in [1.82, 2.24) is 24.8 Å². The number of fused-ring (bicyclic) bond motifs is 1. The van der Waals surface area contributed by atoms with Crippen LogP contribution in [0.15, 0.2) is 46.5 Å². The number of nitrogens with zero attached hydrogens (tertiary/aromatic N) is 5. The van der Waals surface area contributed by atoms with E-state index in [1.807, 2.05) is 0 Å². The quantitative estimate of drug-likeness (QED) is 0.0562. The van der Waals surface area contributed by atoms with Crippen molar-refractivity contribution in [3.63, 3.8) is 0 Å². The Morgan fingerprint density at radius 2 is 1.82 bits per heavy atom. The minimum Gasteiger partial charge on any atom is -0.481 e. The molecule has 4 heterocycles. The molecule has 0 spiro atoms. The number of nitrogens with two attached hydrogens (primary N) is 2. The van der Waals surface area contributed by atoms with Gasteiger partial charge in [-0.05, 0) is 49.6 Å². The van der Waals surface area contributed by atoms with Crippen LogP contribution in [0, 0.1) is 0 Å². The van der Waals surface area contributed by atoms with Gasteiger partial charge in [-0.15, -0.1) is 0 Å². The van der Waals surface area contributed by atoms with Gasteiger partial charge in [0.15, 0.2) is 11.9 Å². The Balaban J connectivity index is 1.46. The lowest BCUT2D eigenvalue weighted by atomic mass is 10.1. The number of carbonyl (C=O) groups excluding carboxylic acids is 3. The van der Waals surface area contributed by atoms with Crippen molar-refractivity contribution < 1.29 is 68.0 Å². The Morgan fingerprint density at radius 1 is 1.12 bits per heavy atom. The molecule has 2 aliphatic rings. The zero-order valence-electron chi connectivity index (χ0n) is 29.4. The summed E-state index contributed by atoms with van der Waals surface area (Å²) in [5.41, 5.74) is 10.7. The molecule has 25 heteroatoms. The first-order chi connectivity index (χ1) is 26.8. The number of rotatable bonds is 16. The molecule has 3 amide bonds. The number of hydrogen-bond donors (Lipinski definition) is 10. The normalized spacial score (nSPS) is 19.8. The fraction of sp³-hybridized carbons (Fsp3) is 0.344. The Kier molecular flexibility index (Phi) is 12.8. The largest absolute Gasteiger partial charge is 0.481 e. The number of phosphoric ester groups is 1. The summed E-state index contributed by atoms with van der Waals surface area (Å²) in [6.07, 6.45) is -3.76. The highest BCUT2D eigenvalue weighted by Crippen LogP contribution is 2.39. The lowest BCUT2D eigenvalue weighted by Crippen LogP contribution is -2.41. The van der Waals surface area contributed by atoms with E-state index in [4.69, 9.17) is 31.1 Å². The number of H-pyrrole nitrogens is 1. The van der Waals surface area contributed by atoms with Gasteiger partial charge in [0, 0.05) is 29.5 Å². The van der Waals surface area contributed by atoms with Crippen molar-refractivity contribution in [3.05, 3.63) is 69.7 Å². The second-order valence-electron chi connectivity index (χ2n) is 12.6. The molecule has 1 fully saturated rings. The molecule has 2 aliphatic heterocycles. The van der Waals surface area contributed by atoms with Crippen molar-refractivity contribution in [2.24, 2.45) is 10.7 Å². The van der Waals surface area contributed by atoms with Crippen molar-refractivity contribution >= 4 is 66.6 Å². The van der Waals surface area contributed by atoms with Crippen LogP contribution in [0.5, 0.6) is 0 Å². The molecule has 304 valence electrons. The lowest BCUT2D eigenvalue weighted by molar-refractivity contribution is -0.140. The van der Waals surface area contributed by atoms with E-state index in [0.717, 1.165) is 23.0 Å². The second-order valence-corrected chi connectivity index (χ2v) is 13.8. The number of nitrogen functional groups attached to an aromatic ring is 1. The maximum atomic E-state index is 14.0. The Bertz CT molecular complexity index is 2230. The van der Waals surface area contributed by atoms with Crippen LogP contribution in [0.4, 0.5) is 17.3 Å². The highest BCUT2D eigenvalue weighted by atomic mass is 31.2. The number of hydrogen-bond acceptors (Lipinski definition) is 15. The number of aliphatic carboxylic acids is 2. The molecular formula is C32H36N9O15P. The van der Waals surface area contributed by atoms with Gasteiger partial charge in [-0.25, -0.2) is 24.3 Å². The highest BCUT2D eigenvalue weighted by molar-refractivity contribution is 7.46. The topological polar surface area (TPSA) is 385 Å². The molecular weight excluding hydrogens is 781 g/mol. The summed E-state index contributed by atoms with van der Waals surface area (Å²) in [4.78, 5) is 109. The number of aromatic nitrogens is 4. The first kappa shape index (κ1) is 42.0. The molecule has 0 saturated carbocycles. The maximum Gasteiger partial charge on any atom is 0.469 e. The predicted octanol–water partition coefficient (Wildman–Crippen LogP) is -1.81. The number of aryl methyl sites for hydroxylation is 1. The Hall–Kier alpha value is -6.14. The minimum atomic E-state index is -4.99. The Labute approximate surface area is 319 Å². The highest BCUT2D eigenvalue weighted by Gasteiger charge is 2.45. The van der Waals surface area contributed by atoms with Crippen LogP contribution in [0.25, 0.3) is 6.08 Å². The molecule has 12 N–H and O–H groups in total. The number of aliphatic hydroxyl groups excluding tert-OH is 2. The monoisotopic (exact) mass is 817 g/mol. The van der Waals surface area contributed by atoms with Crippen LogP contribution < -0.4 is 27.2 Å². The van der Waals surface area contributed by atoms with Gasteiger partial charge >= 0.3 is 19.8 Å². The van der Waals surface area contributed by atoms with E-state index in [-0.39, 0.29) is 54.4 Å². The number of benzene rings is 1. The van der Waals surface area contributed by atoms with E-state index in [9.17, 15) is 48.7 Å². The van der Waals surface area contributed by atoms with Gasteiger partial charge in [-0.1, -0.05) is 0 Å². The molecule has 1 aromatic carbocycles. The molecule has 1 unspecified atom stereocenters. The van der Waals surface area contributed by atoms with Crippen LogP contribution in [0.2, 0.25) is 0 Å². The summed E-state index contributed by atoms with van der Waals surface area (Å²) >= 11 is 0. The van der Waals surface area contributed by atoms with Crippen molar-refractivity contribution in [2.45, 2.75) is 56.3 Å². The SMILES string of the molecule is NC(=O)c1ncn(C2O[C@H](COP(=O)(O)O)[C@@H](O)[C@H]2O)c1/C=C/C(=O)N(CC1=Nc2c(nc(N)[nH]c2=O)CC1)c1ccc(C(=O)N[C@@H](CCC(=O)O)C(=O)O)cc1. The minimum absolute atomic E-state index is 0.0203. The first-order valence-electron chi connectivity index (χ1n) is 16.7. The van der Waals surface area contributed by atoms with Gasteiger partial charge in [0.05, 0.1) is 30.9 Å². The smallest absolute Gasteiger partial charge is 0.469 e. The van der Waals surface area contributed by atoms with E-state index in [1.54, 1.807) is 0 Å². The number of carboxylic acid groups (broad SMARTS) is 2. The molecule has 0 radical (unpaired) electrons. The van der Waals surface area contributed by atoms with Gasteiger partial charge in [-0.2, -0.15) is 0 Å².